The highest BCUT2D eigenvalue weighted by Crippen LogP contribution is 2.39. The normalized spacial score (nSPS) is 16.5. The molecule has 1 aliphatic rings. The molecular formula is C19H19Cl3N2O2. The van der Waals surface area contributed by atoms with Crippen LogP contribution in [-0.4, -0.2) is 49.2 Å². The van der Waals surface area contributed by atoms with Crippen molar-refractivity contribution >= 4 is 40.8 Å². The fourth-order valence-corrected chi connectivity index (χ4v) is 3.36. The van der Waals surface area contributed by atoms with Crippen LogP contribution in [0.15, 0.2) is 48.5 Å². The molecule has 0 aromatic heterocycles. The highest BCUT2D eigenvalue weighted by molar-refractivity contribution is 6.36. The predicted octanol–water partition coefficient (Wildman–Crippen LogP) is 4.18. The second-order valence-corrected chi connectivity index (χ2v) is 7.72. The van der Waals surface area contributed by atoms with Gasteiger partial charge in [-0.15, -0.1) is 5.06 Å². The monoisotopic (exact) mass is 412 g/mol. The molecular weight excluding hydrogens is 395 g/mol. The average molecular weight is 414 g/mol. The second-order valence-electron chi connectivity index (χ2n) is 6.28. The number of hydroxylamine groups is 2. The maximum atomic E-state index is 13.1. The number of hydrogen-bond acceptors (Lipinski definition) is 4. The SMILES string of the molecule is CN1CCN(OC(=O)C(Cl)(c2ccc(Cl)cc2)c2ccc(Cl)cc2)CC1. The van der Waals surface area contributed by atoms with E-state index in [1.54, 1.807) is 53.6 Å². The Hall–Kier alpha value is -1.30. The first-order valence-corrected chi connectivity index (χ1v) is 9.40. The summed E-state index contributed by atoms with van der Waals surface area (Å²) in [5.74, 6) is -0.548. The Labute approximate surface area is 168 Å². The molecule has 1 fully saturated rings. The van der Waals surface area contributed by atoms with Crippen molar-refractivity contribution in [1.82, 2.24) is 9.96 Å². The van der Waals surface area contributed by atoms with Crippen LogP contribution in [0.1, 0.15) is 11.1 Å². The fraction of sp³-hybridized carbons (Fsp3) is 0.316. The molecule has 0 bridgehead atoms. The zero-order chi connectivity index (χ0) is 18.7. The van der Waals surface area contributed by atoms with Gasteiger partial charge in [-0.05, 0) is 42.4 Å². The third kappa shape index (κ3) is 4.16. The van der Waals surface area contributed by atoms with Gasteiger partial charge in [0.05, 0.1) is 0 Å². The molecule has 7 heteroatoms. The van der Waals surface area contributed by atoms with E-state index in [0.717, 1.165) is 13.1 Å². The van der Waals surface area contributed by atoms with Gasteiger partial charge in [-0.2, -0.15) is 0 Å². The summed E-state index contributed by atoms with van der Waals surface area (Å²) >= 11 is 18.9. The molecule has 26 heavy (non-hydrogen) atoms. The van der Waals surface area contributed by atoms with Crippen LogP contribution >= 0.6 is 34.8 Å². The van der Waals surface area contributed by atoms with Gasteiger partial charge in [0.1, 0.15) is 0 Å². The van der Waals surface area contributed by atoms with Gasteiger partial charge in [0.15, 0.2) is 4.87 Å². The largest absolute Gasteiger partial charge is 0.366 e. The molecule has 1 aliphatic heterocycles. The van der Waals surface area contributed by atoms with Crippen molar-refractivity contribution in [3.05, 3.63) is 69.7 Å². The Balaban J connectivity index is 1.93. The lowest BCUT2D eigenvalue weighted by atomic mass is 9.90. The van der Waals surface area contributed by atoms with Gasteiger partial charge < -0.3 is 9.74 Å². The van der Waals surface area contributed by atoms with Gasteiger partial charge in [0.25, 0.3) is 0 Å². The van der Waals surface area contributed by atoms with Crippen LogP contribution in [0.3, 0.4) is 0 Å². The number of hydrogen-bond donors (Lipinski definition) is 0. The molecule has 0 saturated carbocycles. The molecule has 2 aromatic carbocycles. The highest BCUT2D eigenvalue weighted by Gasteiger charge is 2.43. The van der Waals surface area contributed by atoms with Gasteiger partial charge in [-0.1, -0.05) is 59.1 Å². The summed E-state index contributed by atoms with van der Waals surface area (Å²) in [6, 6.07) is 13.7. The Morgan fingerprint density at radius 3 is 1.73 bits per heavy atom. The van der Waals surface area contributed by atoms with Crippen molar-refractivity contribution in [3.8, 4) is 0 Å². The minimum absolute atomic E-state index is 0.548. The first kappa shape index (κ1) is 19.5. The van der Waals surface area contributed by atoms with Crippen molar-refractivity contribution < 1.29 is 9.63 Å². The third-order valence-electron chi connectivity index (χ3n) is 4.44. The van der Waals surface area contributed by atoms with Crippen LogP contribution in [0.5, 0.6) is 0 Å². The van der Waals surface area contributed by atoms with E-state index in [1.165, 1.54) is 0 Å². The lowest BCUT2D eigenvalue weighted by Gasteiger charge is -2.34. The number of carbonyl (C=O) groups is 1. The second kappa shape index (κ2) is 8.15. The Morgan fingerprint density at radius 1 is 0.885 bits per heavy atom. The summed E-state index contributed by atoms with van der Waals surface area (Å²) in [6.07, 6.45) is 0. The van der Waals surface area contributed by atoms with E-state index in [-0.39, 0.29) is 0 Å². The first-order chi connectivity index (χ1) is 12.4. The predicted molar refractivity (Wildman–Crippen MR) is 105 cm³/mol. The number of likely N-dealkylation sites (N-methyl/N-ethyl adjacent to an activating group) is 1. The molecule has 0 unspecified atom stereocenters. The molecule has 4 nitrogen and oxygen atoms in total. The number of carbonyl (C=O) groups excluding carboxylic acids is 1. The lowest BCUT2D eigenvalue weighted by Crippen LogP contribution is -2.47. The van der Waals surface area contributed by atoms with Crippen LogP contribution < -0.4 is 0 Å². The lowest BCUT2D eigenvalue weighted by molar-refractivity contribution is -0.199. The molecule has 138 valence electrons. The van der Waals surface area contributed by atoms with E-state index < -0.39 is 10.8 Å². The van der Waals surface area contributed by atoms with Gasteiger partial charge in [-0.25, -0.2) is 4.79 Å². The van der Waals surface area contributed by atoms with Crippen molar-refractivity contribution in [3.63, 3.8) is 0 Å². The average Bonchev–Trinajstić information content (AvgIpc) is 2.64. The number of nitrogens with zero attached hydrogens (tertiary/aromatic N) is 2. The topological polar surface area (TPSA) is 32.8 Å². The van der Waals surface area contributed by atoms with Crippen LogP contribution in [0.25, 0.3) is 0 Å². The highest BCUT2D eigenvalue weighted by atomic mass is 35.5. The summed E-state index contributed by atoms with van der Waals surface area (Å²) in [7, 11) is 2.03. The summed E-state index contributed by atoms with van der Waals surface area (Å²) in [5.41, 5.74) is 1.18. The van der Waals surface area contributed by atoms with E-state index >= 15 is 0 Å². The van der Waals surface area contributed by atoms with E-state index in [4.69, 9.17) is 39.6 Å². The van der Waals surface area contributed by atoms with Gasteiger partial charge in [-0.3, -0.25) is 0 Å². The number of halogens is 3. The number of benzene rings is 2. The first-order valence-electron chi connectivity index (χ1n) is 8.26. The Morgan fingerprint density at radius 2 is 1.31 bits per heavy atom. The van der Waals surface area contributed by atoms with E-state index in [1.807, 2.05) is 7.05 Å². The molecule has 0 radical (unpaired) electrons. The minimum atomic E-state index is -1.49. The number of alkyl halides is 1. The summed E-state index contributed by atoms with van der Waals surface area (Å²) in [4.78, 5) is 19.4. The van der Waals surface area contributed by atoms with Crippen molar-refractivity contribution in [2.45, 2.75) is 4.87 Å². The maximum Gasteiger partial charge on any atom is 0.355 e. The molecule has 0 amide bonds. The molecule has 1 heterocycles. The molecule has 0 aliphatic carbocycles. The fourth-order valence-electron chi connectivity index (χ4n) is 2.82. The Kier molecular flexibility index (Phi) is 6.10. The van der Waals surface area contributed by atoms with Crippen molar-refractivity contribution in [2.24, 2.45) is 0 Å². The summed E-state index contributed by atoms with van der Waals surface area (Å²) in [5, 5.41) is 2.79. The van der Waals surface area contributed by atoms with E-state index in [0.29, 0.717) is 34.3 Å². The van der Waals surface area contributed by atoms with Gasteiger partial charge in [0, 0.05) is 36.2 Å². The zero-order valence-corrected chi connectivity index (χ0v) is 16.6. The molecule has 0 atom stereocenters. The maximum absolute atomic E-state index is 13.1. The smallest absolute Gasteiger partial charge is 0.355 e. The summed E-state index contributed by atoms with van der Waals surface area (Å²) < 4.78 is 0. The molecule has 0 N–H and O–H groups in total. The van der Waals surface area contributed by atoms with Gasteiger partial charge in [0.2, 0.25) is 0 Å². The Bertz CT molecular complexity index is 712. The molecule has 3 rings (SSSR count). The minimum Gasteiger partial charge on any atom is -0.366 e. The van der Waals surface area contributed by atoms with E-state index in [9.17, 15) is 4.79 Å². The van der Waals surface area contributed by atoms with Gasteiger partial charge >= 0.3 is 5.97 Å². The number of rotatable bonds is 4. The van der Waals surface area contributed by atoms with Crippen LogP contribution in [0.4, 0.5) is 0 Å². The van der Waals surface area contributed by atoms with E-state index in [2.05, 4.69) is 4.90 Å². The van der Waals surface area contributed by atoms with Crippen LogP contribution in [0, 0.1) is 0 Å². The van der Waals surface area contributed by atoms with Crippen molar-refractivity contribution in [2.75, 3.05) is 33.2 Å². The van der Waals surface area contributed by atoms with Crippen LogP contribution in [-0.2, 0) is 14.5 Å². The number of piperazine rings is 1. The van der Waals surface area contributed by atoms with Crippen molar-refractivity contribution in [1.29, 1.82) is 0 Å². The van der Waals surface area contributed by atoms with Crippen LogP contribution in [0.2, 0.25) is 10.0 Å². The molecule has 0 spiro atoms. The zero-order valence-electron chi connectivity index (χ0n) is 14.3. The summed E-state index contributed by atoms with van der Waals surface area (Å²) in [6.45, 7) is 2.92. The standard InChI is InChI=1S/C19H19Cl3N2O2/c1-23-10-12-24(13-11-23)26-18(25)19(22,14-2-6-16(20)7-3-14)15-4-8-17(21)9-5-15/h2-9H,10-13H2,1H3. The quantitative estimate of drug-likeness (QED) is 0.704. The molecule has 1 saturated heterocycles. The third-order valence-corrected chi connectivity index (χ3v) is 5.53. The molecule has 2 aromatic rings.